The van der Waals surface area contributed by atoms with Crippen LogP contribution in [0.5, 0.6) is 17.2 Å². The van der Waals surface area contributed by atoms with Crippen molar-refractivity contribution < 1.29 is 18.9 Å². The first-order valence-electron chi connectivity index (χ1n) is 13.1. The predicted octanol–water partition coefficient (Wildman–Crippen LogP) is 3.85. The number of nitrogens with one attached hydrogen (secondary N) is 2. The van der Waals surface area contributed by atoms with Crippen molar-refractivity contribution in [3.63, 3.8) is 0 Å². The SMILES string of the molecule is COc1cc(Nc2nc(NCCN3CCOCC3)c3ncn(C4CCCCC4)c3n2)cc(OC)c1OC. The molecule has 1 aromatic carbocycles. The van der Waals surface area contributed by atoms with Crippen molar-refractivity contribution in [2.75, 3.05) is 71.4 Å². The molecule has 0 atom stereocenters. The Hall–Kier alpha value is -3.31. The van der Waals surface area contributed by atoms with Crippen LogP contribution < -0.4 is 24.8 Å². The lowest BCUT2D eigenvalue weighted by molar-refractivity contribution is 0.0398. The zero-order chi connectivity index (χ0) is 25.6. The van der Waals surface area contributed by atoms with E-state index in [2.05, 4.69) is 20.1 Å². The second kappa shape index (κ2) is 11.8. The number of hydrogen-bond acceptors (Lipinski definition) is 10. The van der Waals surface area contributed by atoms with Crippen molar-refractivity contribution in [3.05, 3.63) is 18.5 Å². The van der Waals surface area contributed by atoms with E-state index in [1.165, 1.54) is 19.3 Å². The van der Waals surface area contributed by atoms with Gasteiger partial charge in [-0.2, -0.15) is 9.97 Å². The topological polar surface area (TPSA) is 108 Å². The fourth-order valence-corrected chi connectivity index (χ4v) is 5.16. The first-order valence-corrected chi connectivity index (χ1v) is 13.1. The molecule has 2 aromatic heterocycles. The summed E-state index contributed by atoms with van der Waals surface area (Å²) in [5.41, 5.74) is 2.37. The fraction of sp³-hybridized carbons (Fsp3) is 0.577. The number of imidazole rings is 1. The number of ether oxygens (including phenoxy) is 4. The number of aromatic nitrogens is 4. The van der Waals surface area contributed by atoms with E-state index < -0.39 is 0 Å². The van der Waals surface area contributed by atoms with Crippen LogP contribution in [0.1, 0.15) is 38.1 Å². The van der Waals surface area contributed by atoms with Crippen LogP contribution in [0, 0.1) is 0 Å². The number of hydrogen-bond donors (Lipinski definition) is 2. The zero-order valence-electron chi connectivity index (χ0n) is 22.0. The van der Waals surface area contributed by atoms with Gasteiger partial charge in [-0.15, -0.1) is 0 Å². The molecule has 2 aliphatic rings. The normalized spacial score (nSPS) is 17.1. The minimum Gasteiger partial charge on any atom is -0.493 e. The van der Waals surface area contributed by atoms with Crippen LogP contribution in [-0.4, -0.2) is 85.1 Å². The molecule has 0 bridgehead atoms. The van der Waals surface area contributed by atoms with Gasteiger partial charge in [0.05, 0.1) is 40.9 Å². The van der Waals surface area contributed by atoms with Gasteiger partial charge in [-0.1, -0.05) is 19.3 Å². The lowest BCUT2D eigenvalue weighted by atomic mass is 9.95. The van der Waals surface area contributed by atoms with Crippen LogP contribution in [0.2, 0.25) is 0 Å². The summed E-state index contributed by atoms with van der Waals surface area (Å²) in [6.07, 6.45) is 7.97. The summed E-state index contributed by atoms with van der Waals surface area (Å²) in [6, 6.07) is 4.10. The van der Waals surface area contributed by atoms with Gasteiger partial charge >= 0.3 is 0 Å². The maximum Gasteiger partial charge on any atom is 0.231 e. The van der Waals surface area contributed by atoms with E-state index in [1.54, 1.807) is 21.3 Å². The van der Waals surface area contributed by atoms with Crippen LogP contribution in [0.15, 0.2) is 18.5 Å². The van der Waals surface area contributed by atoms with Crippen molar-refractivity contribution in [3.8, 4) is 17.2 Å². The molecular weight excluding hydrogens is 474 g/mol. The highest BCUT2D eigenvalue weighted by Gasteiger charge is 2.22. The molecule has 5 rings (SSSR count). The van der Waals surface area contributed by atoms with Gasteiger partial charge in [0, 0.05) is 50.0 Å². The summed E-state index contributed by atoms with van der Waals surface area (Å²) in [5, 5.41) is 6.87. The van der Waals surface area contributed by atoms with E-state index in [0.29, 0.717) is 29.2 Å². The number of rotatable bonds is 10. The molecular formula is C26H37N7O4. The largest absolute Gasteiger partial charge is 0.493 e. The van der Waals surface area contributed by atoms with Crippen LogP contribution >= 0.6 is 0 Å². The van der Waals surface area contributed by atoms with E-state index >= 15 is 0 Å². The Labute approximate surface area is 217 Å². The van der Waals surface area contributed by atoms with E-state index in [0.717, 1.165) is 74.9 Å². The van der Waals surface area contributed by atoms with Crippen LogP contribution in [0.25, 0.3) is 11.2 Å². The van der Waals surface area contributed by atoms with Crippen molar-refractivity contribution in [2.45, 2.75) is 38.1 Å². The molecule has 0 spiro atoms. The lowest BCUT2D eigenvalue weighted by Crippen LogP contribution is -2.39. The summed E-state index contributed by atoms with van der Waals surface area (Å²) in [6.45, 7) is 5.13. The minimum absolute atomic E-state index is 0.406. The smallest absolute Gasteiger partial charge is 0.231 e. The van der Waals surface area contributed by atoms with Crippen LogP contribution in [-0.2, 0) is 4.74 Å². The Bertz CT molecular complexity index is 1160. The third-order valence-corrected chi connectivity index (χ3v) is 7.13. The monoisotopic (exact) mass is 511 g/mol. The van der Waals surface area contributed by atoms with Gasteiger partial charge in [-0.25, -0.2) is 4.98 Å². The molecule has 1 saturated carbocycles. The Morgan fingerprint density at radius 1 is 0.973 bits per heavy atom. The van der Waals surface area contributed by atoms with Crippen molar-refractivity contribution in [1.82, 2.24) is 24.4 Å². The molecule has 0 amide bonds. The molecule has 1 saturated heterocycles. The number of nitrogens with zero attached hydrogens (tertiary/aromatic N) is 5. The number of benzene rings is 1. The molecule has 0 radical (unpaired) electrons. The summed E-state index contributed by atoms with van der Waals surface area (Å²) in [5.74, 6) is 2.85. The average molecular weight is 512 g/mol. The highest BCUT2D eigenvalue weighted by atomic mass is 16.5. The second-order valence-electron chi connectivity index (χ2n) is 9.43. The highest BCUT2D eigenvalue weighted by Crippen LogP contribution is 2.40. The van der Waals surface area contributed by atoms with E-state index in [-0.39, 0.29) is 0 Å². The molecule has 2 fully saturated rings. The number of anilines is 3. The molecule has 200 valence electrons. The maximum atomic E-state index is 5.52. The number of morpholine rings is 1. The summed E-state index contributed by atoms with van der Waals surface area (Å²) >= 11 is 0. The Kier molecular flexibility index (Phi) is 8.10. The third kappa shape index (κ3) is 5.67. The molecule has 1 aliphatic carbocycles. The summed E-state index contributed by atoms with van der Waals surface area (Å²) in [4.78, 5) is 16.9. The second-order valence-corrected chi connectivity index (χ2v) is 9.43. The van der Waals surface area contributed by atoms with Gasteiger partial charge in [0.25, 0.3) is 0 Å². The zero-order valence-corrected chi connectivity index (χ0v) is 22.0. The lowest BCUT2D eigenvalue weighted by Gasteiger charge is -2.26. The summed E-state index contributed by atoms with van der Waals surface area (Å²) < 4.78 is 24.2. The standard InChI is InChI=1S/C26H37N7O4/c1-34-20-15-18(16-21(35-2)23(20)36-3)29-26-30-24(27-9-10-32-11-13-37-14-12-32)22-25(31-26)33(17-28-22)19-7-5-4-6-8-19/h15-17,19H,4-14H2,1-3H3,(H2,27,29,30,31). The van der Waals surface area contributed by atoms with Crippen LogP contribution in [0.4, 0.5) is 17.5 Å². The summed E-state index contributed by atoms with van der Waals surface area (Å²) in [7, 11) is 4.79. The fourth-order valence-electron chi connectivity index (χ4n) is 5.16. The van der Waals surface area contributed by atoms with Crippen molar-refractivity contribution in [1.29, 1.82) is 0 Å². The molecule has 3 aromatic rings. The van der Waals surface area contributed by atoms with Gasteiger partial charge < -0.3 is 34.1 Å². The van der Waals surface area contributed by atoms with E-state index in [1.807, 2.05) is 18.5 Å². The Balaban J connectivity index is 1.46. The van der Waals surface area contributed by atoms with Gasteiger partial charge in [-0.3, -0.25) is 4.90 Å². The number of fused-ring (bicyclic) bond motifs is 1. The van der Waals surface area contributed by atoms with Gasteiger partial charge in [0.2, 0.25) is 11.7 Å². The first kappa shape index (κ1) is 25.3. The molecule has 3 heterocycles. The Morgan fingerprint density at radius 3 is 2.38 bits per heavy atom. The first-order chi connectivity index (χ1) is 18.2. The molecule has 11 heteroatoms. The molecule has 0 unspecified atom stereocenters. The molecule has 11 nitrogen and oxygen atoms in total. The van der Waals surface area contributed by atoms with Crippen molar-refractivity contribution >= 4 is 28.6 Å². The molecule has 2 N–H and O–H groups in total. The van der Waals surface area contributed by atoms with Gasteiger partial charge in [0.15, 0.2) is 28.5 Å². The minimum atomic E-state index is 0.406. The third-order valence-electron chi connectivity index (χ3n) is 7.13. The average Bonchev–Trinajstić information content (AvgIpc) is 3.37. The van der Waals surface area contributed by atoms with Crippen molar-refractivity contribution in [2.24, 2.45) is 0 Å². The van der Waals surface area contributed by atoms with E-state index in [4.69, 9.17) is 33.9 Å². The number of methoxy groups -OCH3 is 3. The van der Waals surface area contributed by atoms with E-state index in [9.17, 15) is 0 Å². The molecule has 1 aliphatic heterocycles. The van der Waals surface area contributed by atoms with Gasteiger partial charge in [-0.05, 0) is 12.8 Å². The predicted molar refractivity (Wildman–Crippen MR) is 143 cm³/mol. The van der Waals surface area contributed by atoms with Crippen LogP contribution in [0.3, 0.4) is 0 Å². The quantitative estimate of drug-likeness (QED) is 0.417. The Morgan fingerprint density at radius 2 is 1.70 bits per heavy atom. The highest BCUT2D eigenvalue weighted by molar-refractivity contribution is 5.85. The maximum absolute atomic E-state index is 5.52. The molecule has 37 heavy (non-hydrogen) atoms. The van der Waals surface area contributed by atoms with Gasteiger partial charge in [0.1, 0.15) is 0 Å².